The van der Waals surface area contributed by atoms with Gasteiger partial charge in [0.2, 0.25) is 5.88 Å². The van der Waals surface area contributed by atoms with Gasteiger partial charge in [0.05, 0.1) is 11.7 Å². The molecule has 0 amide bonds. The number of aliphatic hydroxyl groups is 1. The second-order valence-electron chi connectivity index (χ2n) is 2.99. The zero-order valence-electron chi connectivity index (χ0n) is 8.43. The smallest absolute Gasteiger partial charge is 0.245 e. The van der Waals surface area contributed by atoms with E-state index in [0.717, 1.165) is 24.7 Å². The molecule has 0 aliphatic rings. The molecule has 0 saturated heterocycles. The van der Waals surface area contributed by atoms with E-state index in [2.05, 4.69) is 20.6 Å². The Morgan fingerprint density at radius 2 is 2.60 bits per heavy atom. The van der Waals surface area contributed by atoms with Crippen molar-refractivity contribution in [3.8, 4) is 5.88 Å². The van der Waals surface area contributed by atoms with Gasteiger partial charge in [-0.25, -0.2) is 0 Å². The molecule has 15 heavy (non-hydrogen) atoms. The largest absolute Gasteiger partial charge is 0.473 e. The maximum atomic E-state index is 9.49. The van der Waals surface area contributed by atoms with Gasteiger partial charge >= 0.3 is 0 Å². The maximum Gasteiger partial charge on any atom is 0.245 e. The van der Waals surface area contributed by atoms with E-state index in [0.29, 0.717) is 12.4 Å². The summed E-state index contributed by atoms with van der Waals surface area (Å²) in [6.45, 7) is 5.16. The van der Waals surface area contributed by atoms with Crippen molar-refractivity contribution in [1.82, 2.24) is 14.1 Å². The average molecular weight is 229 g/mol. The van der Waals surface area contributed by atoms with Gasteiger partial charge in [0.1, 0.15) is 18.9 Å². The highest BCUT2D eigenvalue weighted by Crippen LogP contribution is 2.04. The molecular weight excluding hydrogens is 214 g/mol. The standard InChI is InChI=1S/C9H15N3O2S/c1-2-3-4-10-5-8(13)7-14-9-6-11-15-12-9/h2,6,8,10,13H,1,3-5,7H2. The molecule has 5 nitrogen and oxygen atoms in total. The quantitative estimate of drug-likeness (QED) is 0.500. The van der Waals surface area contributed by atoms with Gasteiger partial charge in [-0.1, -0.05) is 6.08 Å². The molecule has 1 aromatic rings. The maximum absolute atomic E-state index is 9.49. The van der Waals surface area contributed by atoms with E-state index < -0.39 is 6.10 Å². The molecule has 1 rings (SSSR count). The molecule has 1 unspecified atom stereocenters. The highest BCUT2D eigenvalue weighted by atomic mass is 32.1. The third-order valence-electron chi connectivity index (χ3n) is 1.67. The fourth-order valence-electron chi connectivity index (χ4n) is 0.933. The highest BCUT2D eigenvalue weighted by Gasteiger charge is 2.05. The first-order valence-electron chi connectivity index (χ1n) is 4.73. The van der Waals surface area contributed by atoms with Gasteiger partial charge in [-0.15, -0.1) is 11.0 Å². The molecule has 0 aliphatic heterocycles. The van der Waals surface area contributed by atoms with Crippen molar-refractivity contribution >= 4 is 11.7 Å². The van der Waals surface area contributed by atoms with Crippen LogP contribution in [0.2, 0.25) is 0 Å². The van der Waals surface area contributed by atoms with E-state index in [1.165, 1.54) is 6.20 Å². The third-order valence-corrected chi connectivity index (χ3v) is 2.13. The number of hydrogen-bond acceptors (Lipinski definition) is 6. The predicted molar refractivity (Wildman–Crippen MR) is 59.1 cm³/mol. The van der Waals surface area contributed by atoms with Crippen LogP contribution in [0.1, 0.15) is 6.42 Å². The summed E-state index contributed by atoms with van der Waals surface area (Å²) in [7, 11) is 0. The van der Waals surface area contributed by atoms with Crippen LogP contribution in [0.15, 0.2) is 18.9 Å². The molecule has 0 fully saturated rings. The van der Waals surface area contributed by atoms with Crippen LogP contribution >= 0.6 is 11.7 Å². The van der Waals surface area contributed by atoms with Gasteiger partial charge in [0.25, 0.3) is 0 Å². The Morgan fingerprint density at radius 3 is 3.27 bits per heavy atom. The number of aromatic nitrogens is 2. The first-order chi connectivity index (χ1) is 7.33. The number of rotatable bonds is 8. The topological polar surface area (TPSA) is 67.3 Å². The van der Waals surface area contributed by atoms with Crippen LogP contribution in [0.25, 0.3) is 0 Å². The van der Waals surface area contributed by atoms with Crippen molar-refractivity contribution in [2.24, 2.45) is 0 Å². The Balaban J connectivity index is 2.03. The summed E-state index contributed by atoms with van der Waals surface area (Å²) < 4.78 is 12.8. The van der Waals surface area contributed by atoms with E-state index in [1.807, 2.05) is 6.08 Å². The minimum absolute atomic E-state index is 0.229. The van der Waals surface area contributed by atoms with Crippen molar-refractivity contribution in [3.05, 3.63) is 18.9 Å². The van der Waals surface area contributed by atoms with Crippen LogP contribution in [0.4, 0.5) is 0 Å². The fourth-order valence-corrected chi connectivity index (χ4v) is 1.30. The zero-order chi connectivity index (χ0) is 10.9. The number of aliphatic hydroxyl groups excluding tert-OH is 1. The lowest BCUT2D eigenvalue weighted by atomic mass is 10.3. The van der Waals surface area contributed by atoms with Crippen LogP contribution in [-0.2, 0) is 0 Å². The van der Waals surface area contributed by atoms with Crippen LogP contribution in [0, 0.1) is 0 Å². The van der Waals surface area contributed by atoms with Crippen LogP contribution < -0.4 is 10.1 Å². The minimum Gasteiger partial charge on any atom is -0.473 e. The molecule has 0 bridgehead atoms. The molecule has 6 heteroatoms. The second-order valence-corrected chi connectivity index (χ2v) is 3.55. The molecule has 0 radical (unpaired) electrons. The van der Waals surface area contributed by atoms with E-state index in [9.17, 15) is 5.11 Å². The SMILES string of the molecule is C=CCCNCC(O)COc1cnsn1. The van der Waals surface area contributed by atoms with Gasteiger partial charge in [0.15, 0.2) is 0 Å². The summed E-state index contributed by atoms with van der Waals surface area (Å²) in [6.07, 6.45) is 3.72. The molecule has 84 valence electrons. The van der Waals surface area contributed by atoms with E-state index in [-0.39, 0.29) is 6.61 Å². The summed E-state index contributed by atoms with van der Waals surface area (Å²) >= 11 is 1.08. The molecule has 0 aromatic carbocycles. The molecule has 2 N–H and O–H groups in total. The van der Waals surface area contributed by atoms with E-state index in [1.54, 1.807) is 0 Å². The van der Waals surface area contributed by atoms with Gasteiger partial charge in [-0.2, -0.15) is 4.37 Å². The number of ether oxygens (including phenoxy) is 1. The van der Waals surface area contributed by atoms with Crippen molar-refractivity contribution in [1.29, 1.82) is 0 Å². The van der Waals surface area contributed by atoms with Gasteiger partial charge in [-0.3, -0.25) is 0 Å². The summed E-state index contributed by atoms with van der Waals surface area (Å²) in [5.74, 6) is 0.463. The first-order valence-corrected chi connectivity index (χ1v) is 5.46. The Kier molecular flexibility index (Phi) is 5.91. The molecule has 1 atom stereocenters. The van der Waals surface area contributed by atoms with Crippen molar-refractivity contribution in [2.45, 2.75) is 12.5 Å². The number of nitrogens with zero attached hydrogens (tertiary/aromatic N) is 2. The molecule has 0 saturated carbocycles. The predicted octanol–water partition coefficient (Wildman–Crippen LogP) is 0.444. The molecule has 0 spiro atoms. The fraction of sp³-hybridized carbons (Fsp3) is 0.556. The van der Waals surface area contributed by atoms with E-state index in [4.69, 9.17) is 4.74 Å². The van der Waals surface area contributed by atoms with Gasteiger partial charge in [0, 0.05) is 6.54 Å². The first kappa shape index (κ1) is 12.1. The van der Waals surface area contributed by atoms with Crippen LogP contribution in [0.5, 0.6) is 5.88 Å². The molecular formula is C9H15N3O2S. The van der Waals surface area contributed by atoms with Crippen molar-refractivity contribution in [3.63, 3.8) is 0 Å². The average Bonchev–Trinajstić information content (AvgIpc) is 2.74. The lowest BCUT2D eigenvalue weighted by Gasteiger charge is -2.10. The van der Waals surface area contributed by atoms with Crippen molar-refractivity contribution in [2.75, 3.05) is 19.7 Å². The van der Waals surface area contributed by atoms with Gasteiger partial charge in [-0.05, 0) is 13.0 Å². The van der Waals surface area contributed by atoms with Crippen LogP contribution in [0.3, 0.4) is 0 Å². The Morgan fingerprint density at radius 1 is 1.73 bits per heavy atom. The Hall–Kier alpha value is -0.980. The minimum atomic E-state index is -0.531. The second kappa shape index (κ2) is 7.33. The van der Waals surface area contributed by atoms with Gasteiger partial charge < -0.3 is 15.2 Å². The molecule has 0 aliphatic carbocycles. The summed E-state index contributed by atoms with van der Waals surface area (Å²) in [5.41, 5.74) is 0. The van der Waals surface area contributed by atoms with E-state index >= 15 is 0 Å². The highest BCUT2D eigenvalue weighted by molar-refractivity contribution is 6.99. The summed E-state index contributed by atoms with van der Waals surface area (Å²) in [5, 5.41) is 12.6. The normalized spacial score (nSPS) is 12.3. The lowest BCUT2D eigenvalue weighted by Crippen LogP contribution is -2.31. The third kappa shape index (κ3) is 5.46. The lowest BCUT2D eigenvalue weighted by molar-refractivity contribution is 0.104. The Bertz CT molecular complexity index is 266. The Labute approximate surface area is 93.1 Å². The van der Waals surface area contributed by atoms with Crippen LogP contribution in [-0.4, -0.2) is 39.7 Å². The summed E-state index contributed by atoms with van der Waals surface area (Å²) in [4.78, 5) is 0. The monoisotopic (exact) mass is 229 g/mol. The molecule has 1 aromatic heterocycles. The number of nitrogens with one attached hydrogen (secondary N) is 1. The number of hydrogen-bond donors (Lipinski definition) is 2. The summed E-state index contributed by atoms with van der Waals surface area (Å²) in [6, 6.07) is 0. The van der Waals surface area contributed by atoms with Crippen molar-refractivity contribution < 1.29 is 9.84 Å². The molecule has 1 heterocycles. The zero-order valence-corrected chi connectivity index (χ0v) is 9.24.